The Balaban J connectivity index is 1.93. The largest absolute Gasteiger partial charge is 0.476 e. The Kier molecular flexibility index (Phi) is 3.70. The number of carbonyl (C=O) groups is 1. The molecule has 1 aliphatic rings. The fourth-order valence-electron chi connectivity index (χ4n) is 2.72. The van der Waals surface area contributed by atoms with Gasteiger partial charge in [-0.3, -0.25) is 0 Å². The zero-order valence-corrected chi connectivity index (χ0v) is 11.5. The van der Waals surface area contributed by atoms with Crippen molar-refractivity contribution in [2.24, 2.45) is 0 Å². The SMILES string of the molecule is O=C(O)c1cnc(N2CCCC2c2cccc(F)c2F)cn1. The molecule has 2 heterocycles. The lowest BCUT2D eigenvalue weighted by atomic mass is 10.0. The fraction of sp³-hybridized carbons (Fsp3) is 0.267. The van der Waals surface area contributed by atoms with Crippen LogP contribution >= 0.6 is 0 Å². The van der Waals surface area contributed by atoms with Crippen LogP contribution < -0.4 is 4.90 Å². The third-order valence-electron chi connectivity index (χ3n) is 3.74. The van der Waals surface area contributed by atoms with Crippen LogP contribution in [0.25, 0.3) is 0 Å². The normalized spacial score (nSPS) is 17.7. The molecule has 5 nitrogen and oxygen atoms in total. The molecule has 1 aliphatic heterocycles. The topological polar surface area (TPSA) is 66.3 Å². The molecule has 22 heavy (non-hydrogen) atoms. The van der Waals surface area contributed by atoms with Crippen LogP contribution in [0.2, 0.25) is 0 Å². The van der Waals surface area contributed by atoms with Gasteiger partial charge in [-0.05, 0) is 18.9 Å². The first-order valence-electron chi connectivity index (χ1n) is 6.84. The van der Waals surface area contributed by atoms with Crippen LogP contribution in [-0.4, -0.2) is 27.6 Å². The van der Waals surface area contributed by atoms with Crippen molar-refractivity contribution in [3.8, 4) is 0 Å². The predicted octanol–water partition coefficient (Wildman–Crippen LogP) is 2.79. The Hall–Kier alpha value is -2.57. The van der Waals surface area contributed by atoms with Crippen LogP contribution in [0.4, 0.5) is 14.6 Å². The summed E-state index contributed by atoms with van der Waals surface area (Å²) < 4.78 is 27.4. The van der Waals surface area contributed by atoms with Crippen LogP contribution in [0.3, 0.4) is 0 Å². The number of anilines is 1. The van der Waals surface area contributed by atoms with Crippen LogP contribution in [0.5, 0.6) is 0 Å². The molecule has 1 saturated heterocycles. The average Bonchev–Trinajstić information content (AvgIpc) is 2.99. The van der Waals surface area contributed by atoms with Crippen molar-refractivity contribution in [1.82, 2.24) is 9.97 Å². The minimum Gasteiger partial charge on any atom is -0.476 e. The van der Waals surface area contributed by atoms with Gasteiger partial charge in [-0.25, -0.2) is 23.5 Å². The number of benzene rings is 1. The molecule has 3 rings (SSSR count). The molecule has 2 aromatic rings. The van der Waals surface area contributed by atoms with E-state index in [1.807, 2.05) is 4.90 Å². The minimum absolute atomic E-state index is 0.156. The molecule has 1 aromatic heterocycles. The molecule has 0 radical (unpaired) electrons. The summed E-state index contributed by atoms with van der Waals surface area (Å²) in [7, 11) is 0. The predicted molar refractivity (Wildman–Crippen MR) is 74.7 cm³/mol. The molecule has 114 valence electrons. The van der Waals surface area contributed by atoms with E-state index in [2.05, 4.69) is 9.97 Å². The lowest BCUT2D eigenvalue weighted by Gasteiger charge is -2.26. The van der Waals surface area contributed by atoms with Crippen LogP contribution in [0.15, 0.2) is 30.6 Å². The third-order valence-corrected chi connectivity index (χ3v) is 3.74. The Bertz CT molecular complexity index is 706. The second-order valence-corrected chi connectivity index (χ2v) is 5.06. The Morgan fingerprint density at radius 3 is 2.77 bits per heavy atom. The third kappa shape index (κ3) is 2.49. The van der Waals surface area contributed by atoms with Crippen molar-refractivity contribution in [2.75, 3.05) is 11.4 Å². The molecular weight excluding hydrogens is 292 g/mol. The average molecular weight is 305 g/mol. The van der Waals surface area contributed by atoms with Gasteiger partial charge in [-0.1, -0.05) is 12.1 Å². The molecule has 1 fully saturated rings. The molecule has 1 N–H and O–H groups in total. The van der Waals surface area contributed by atoms with E-state index in [0.29, 0.717) is 18.8 Å². The van der Waals surface area contributed by atoms with Gasteiger partial charge in [-0.15, -0.1) is 0 Å². The van der Waals surface area contributed by atoms with Gasteiger partial charge in [0.2, 0.25) is 0 Å². The summed E-state index contributed by atoms with van der Waals surface area (Å²) in [5.41, 5.74) is 0.123. The van der Waals surface area contributed by atoms with Gasteiger partial charge in [0.15, 0.2) is 17.3 Å². The molecule has 0 saturated carbocycles. The first-order valence-corrected chi connectivity index (χ1v) is 6.84. The van der Waals surface area contributed by atoms with Crippen molar-refractivity contribution in [3.63, 3.8) is 0 Å². The highest BCUT2D eigenvalue weighted by Gasteiger charge is 2.30. The van der Waals surface area contributed by atoms with E-state index in [0.717, 1.165) is 18.7 Å². The van der Waals surface area contributed by atoms with Crippen molar-refractivity contribution >= 4 is 11.8 Å². The molecule has 1 atom stereocenters. The fourth-order valence-corrected chi connectivity index (χ4v) is 2.72. The smallest absolute Gasteiger partial charge is 0.356 e. The van der Waals surface area contributed by atoms with Crippen molar-refractivity contribution in [2.45, 2.75) is 18.9 Å². The van der Waals surface area contributed by atoms with E-state index < -0.39 is 17.6 Å². The van der Waals surface area contributed by atoms with E-state index >= 15 is 0 Å². The molecule has 0 amide bonds. The summed E-state index contributed by atoms with van der Waals surface area (Å²) in [6.07, 6.45) is 3.99. The number of carboxylic acids is 1. The molecule has 0 aliphatic carbocycles. The number of aromatic nitrogens is 2. The van der Waals surface area contributed by atoms with Crippen LogP contribution in [0.1, 0.15) is 34.9 Å². The van der Waals surface area contributed by atoms with Gasteiger partial charge in [0.25, 0.3) is 0 Å². The summed E-state index contributed by atoms with van der Waals surface area (Å²) in [5, 5.41) is 8.83. The van der Waals surface area contributed by atoms with Crippen LogP contribution in [-0.2, 0) is 0 Å². The van der Waals surface area contributed by atoms with Gasteiger partial charge in [0.1, 0.15) is 5.82 Å². The summed E-state index contributed by atoms with van der Waals surface area (Å²) >= 11 is 0. The highest BCUT2D eigenvalue weighted by molar-refractivity contribution is 5.84. The van der Waals surface area contributed by atoms with Gasteiger partial charge >= 0.3 is 5.97 Å². The van der Waals surface area contributed by atoms with E-state index in [9.17, 15) is 13.6 Å². The summed E-state index contributed by atoms with van der Waals surface area (Å²) in [6, 6.07) is 3.78. The van der Waals surface area contributed by atoms with E-state index in [4.69, 9.17) is 5.11 Å². The lowest BCUT2D eigenvalue weighted by molar-refractivity contribution is 0.0690. The Morgan fingerprint density at radius 2 is 2.09 bits per heavy atom. The van der Waals surface area contributed by atoms with E-state index in [-0.39, 0.29) is 17.3 Å². The van der Waals surface area contributed by atoms with Gasteiger partial charge in [-0.2, -0.15) is 0 Å². The molecule has 7 heteroatoms. The quantitative estimate of drug-likeness (QED) is 0.944. The number of hydrogen-bond donors (Lipinski definition) is 1. The lowest BCUT2D eigenvalue weighted by Crippen LogP contribution is -2.25. The minimum atomic E-state index is -1.16. The van der Waals surface area contributed by atoms with Crippen molar-refractivity contribution < 1.29 is 18.7 Å². The summed E-state index contributed by atoms with van der Waals surface area (Å²) in [4.78, 5) is 20.5. The maximum atomic E-state index is 14.0. The highest BCUT2D eigenvalue weighted by atomic mass is 19.2. The second-order valence-electron chi connectivity index (χ2n) is 5.06. The first-order chi connectivity index (χ1) is 10.6. The number of hydrogen-bond acceptors (Lipinski definition) is 4. The maximum Gasteiger partial charge on any atom is 0.356 e. The second kappa shape index (κ2) is 5.67. The Labute approximate surface area is 125 Å². The van der Waals surface area contributed by atoms with Gasteiger partial charge < -0.3 is 10.0 Å². The monoisotopic (exact) mass is 305 g/mol. The summed E-state index contributed by atoms with van der Waals surface area (Å²) in [5.74, 6) is -2.43. The zero-order valence-electron chi connectivity index (χ0n) is 11.5. The number of carboxylic acid groups (broad SMARTS) is 1. The number of rotatable bonds is 3. The van der Waals surface area contributed by atoms with Crippen LogP contribution in [0, 0.1) is 11.6 Å². The highest BCUT2D eigenvalue weighted by Crippen LogP contribution is 2.36. The molecule has 0 spiro atoms. The first kappa shape index (κ1) is 14.4. The Morgan fingerprint density at radius 1 is 1.27 bits per heavy atom. The number of aromatic carboxylic acids is 1. The van der Waals surface area contributed by atoms with Gasteiger partial charge in [0.05, 0.1) is 18.4 Å². The molecule has 1 unspecified atom stereocenters. The number of halogens is 2. The van der Waals surface area contributed by atoms with E-state index in [1.165, 1.54) is 12.3 Å². The van der Waals surface area contributed by atoms with Crippen molar-refractivity contribution in [1.29, 1.82) is 0 Å². The maximum absolute atomic E-state index is 14.0. The van der Waals surface area contributed by atoms with Crippen molar-refractivity contribution in [3.05, 3.63) is 53.5 Å². The number of nitrogens with zero attached hydrogens (tertiary/aromatic N) is 3. The zero-order chi connectivity index (χ0) is 15.7. The molecule has 0 bridgehead atoms. The molecule has 1 aromatic carbocycles. The van der Waals surface area contributed by atoms with Gasteiger partial charge in [0, 0.05) is 12.1 Å². The standard InChI is InChI=1S/C15H13F2N3O2/c16-10-4-1-3-9(14(10)17)12-5-2-6-20(12)13-8-18-11(7-19-13)15(21)22/h1,3-4,7-8,12H,2,5-6H2,(H,21,22). The molecular formula is C15H13F2N3O2. The van der Waals surface area contributed by atoms with E-state index in [1.54, 1.807) is 6.07 Å². The summed E-state index contributed by atoms with van der Waals surface area (Å²) in [6.45, 7) is 0.627.